The number of thiophene rings is 2. The number of hydrogen-bond acceptors (Lipinski definition) is 6. The number of aliphatic hydroxyl groups is 1. The van der Waals surface area contributed by atoms with Crippen LogP contribution in [0.15, 0.2) is 44.2 Å². The zero-order valence-corrected chi connectivity index (χ0v) is 20.1. The Balaban J connectivity index is 0.00000364. The van der Waals surface area contributed by atoms with Crippen LogP contribution in [0.2, 0.25) is 0 Å². The van der Waals surface area contributed by atoms with Gasteiger partial charge < -0.3 is 15.3 Å². The van der Waals surface area contributed by atoms with Crippen LogP contribution >= 0.6 is 46.7 Å². The molecule has 0 amide bonds. The Morgan fingerprint density at radius 3 is 2.59 bits per heavy atom. The molecule has 2 aromatic rings. The Morgan fingerprint density at radius 2 is 2.00 bits per heavy atom. The molecule has 0 radical (unpaired) electrons. The van der Waals surface area contributed by atoms with Crippen molar-refractivity contribution in [1.82, 2.24) is 10.2 Å². The summed E-state index contributed by atoms with van der Waals surface area (Å²) in [5.74, 6) is 0.339. The number of likely N-dealkylation sites (N-methyl/N-ethyl adjacent to an activating group) is 1. The zero-order valence-electron chi connectivity index (χ0n) is 15.4. The number of aliphatic hydroxyl groups excluding tert-OH is 1. The Hall–Kier alpha value is -0.690. The minimum Gasteiger partial charge on any atom is -0.390 e. The van der Waals surface area contributed by atoms with Crippen molar-refractivity contribution in [2.24, 2.45) is 4.99 Å². The maximum atomic E-state index is 12.2. The lowest BCUT2D eigenvalue weighted by atomic mass is 10.3. The van der Waals surface area contributed by atoms with Crippen LogP contribution in [0.4, 0.5) is 0 Å². The van der Waals surface area contributed by atoms with Crippen LogP contribution in [-0.2, 0) is 16.3 Å². The van der Waals surface area contributed by atoms with Gasteiger partial charge in [-0.2, -0.15) is 0 Å². The van der Waals surface area contributed by atoms with Crippen LogP contribution < -0.4 is 5.32 Å². The van der Waals surface area contributed by atoms with Gasteiger partial charge in [0.15, 0.2) is 15.8 Å². The third kappa shape index (κ3) is 8.06. The predicted octanol–water partition coefficient (Wildman–Crippen LogP) is 2.70. The minimum atomic E-state index is -3.47. The molecule has 0 aliphatic heterocycles. The standard InChI is InChI=1S/C17H25N3O3S3.HI/c1-3-18-17(20(2)9-8-15-6-4-10-24-15)19-12-14(21)13-26(22,23)16-7-5-11-25-16;/h4-7,10-11,14,21H,3,8-9,12-13H2,1-2H3,(H,18,19);1H. The Bertz CT molecular complexity index is 778. The summed E-state index contributed by atoms with van der Waals surface area (Å²) in [6.07, 6.45) is -0.130. The smallest absolute Gasteiger partial charge is 0.193 e. The van der Waals surface area contributed by atoms with Crippen LogP contribution in [0.5, 0.6) is 0 Å². The molecule has 27 heavy (non-hydrogen) atoms. The van der Waals surface area contributed by atoms with Gasteiger partial charge in [0, 0.05) is 25.0 Å². The molecule has 2 N–H and O–H groups in total. The summed E-state index contributed by atoms with van der Waals surface area (Å²) in [4.78, 5) is 7.69. The molecule has 1 unspecified atom stereocenters. The van der Waals surface area contributed by atoms with Gasteiger partial charge in [0.05, 0.1) is 18.4 Å². The van der Waals surface area contributed by atoms with E-state index in [4.69, 9.17) is 0 Å². The topological polar surface area (TPSA) is 82.0 Å². The Labute approximate surface area is 186 Å². The Kier molecular flexibility index (Phi) is 10.8. The van der Waals surface area contributed by atoms with Gasteiger partial charge in [0.1, 0.15) is 4.21 Å². The van der Waals surface area contributed by atoms with E-state index in [0.717, 1.165) is 24.3 Å². The Morgan fingerprint density at radius 1 is 1.30 bits per heavy atom. The minimum absolute atomic E-state index is 0. The summed E-state index contributed by atoms with van der Waals surface area (Å²) in [6, 6.07) is 7.37. The average Bonchev–Trinajstić information content (AvgIpc) is 3.29. The van der Waals surface area contributed by atoms with Gasteiger partial charge in [-0.1, -0.05) is 12.1 Å². The number of guanidine groups is 1. The van der Waals surface area contributed by atoms with Crippen molar-refractivity contribution in [2.75, 3.05) is 32.4 Å². The zero-order chi connectivity index (χ0) is 19.0. The third-order valence-electron chi connectivity index (χ3n) is 3.64. The van der Waals surface area contributed by atoms with Crippen LogP contribution in [0.3, 0.4) is 0 Å². The molecule has 0 aliphatic carbocycles. The molecular formula is C17H26IN3O3S3. The molecule has 0 fully saturated rings. The molecule has 0 aliphatic rings. The number of halogens is 1. The lowest BCUT2D eigenvalue weighted by molar-refractivity contribution is 0.205. The third-order valence-corrected chi connectivity index (χ3v) is 7.86. The first-order valence-electron chi connectivity index (χ1n) is 8.38. The summed E-state index contributed by atoms with van der Waals surface area (Å²) >= 11 is 2.88. The van der Waals surface area contributed by atoms with Gasteiger partial charge in [0.2, 0.25) is 0 Å². The van der Waals surface area contributed by atoms with Gasteiger partial charge in [-0.3, -0.25) is 4.99 Å². The summed E-state index contributed by atoms with van der Waals surface area (Å²) in [5.41, 5.74) is 0. The van der Waals surface area contributed by atoms with Crippen molar-refractivity contribution < 1.29 is 13.5 Å². The summed E-state index contributed by atoms with van der Waals surface area (Å²) in [6.45, 7) is 3.50. The van der Waals surface area contributed by atoms with E-state index in [2.05, 4.69) is 21.8 Å². The van der Waals surface area contributed by atoms with Crippen molar-refractivity contribution in [3.05, 3.63) is 39.9 Å². The van der Waals surface area contributed by atoms with E-state index in [0.29, 0.717) is 12.5 Å². The highest BCUT2D eigenvalue weighted by Crippen LogP contribution is 2.18. The van der Waals surface area contributed by atoms with Gasteiger partial charge in [-0.05, 0) is 36.2 Å². The highest BCUT2D eigenvalue weighted by molar-refractivity contribution is 14.0. The van der Waals surface area contributed by atoms with Crippen molar-refractivity contribution in [2.45, 2.75) is 23.7 Å². The number of nitrogens with one attached hydrogen (secondary N) is 1. The van der Waals surface area contributed by atoms with Gasteiger partial charge >= 0.3 is 0 Å². The summed E-state index contributed by atoms with van der Waals surface area (Å²) in [7, 11) is -1.54. The number of aliphatic imine (C=N–C) groups is 1. The van der Waals surface area contributed by atoms with Crippen molar-refractivity contribution in [3.63, 3.8) is 0 Å². The number of sulfone groups is 1. The fourth-order valence-corrected chi connectivity index (χ4v) is 5.49. The molecule has 6 nitrogen and oxygen atoms in total. The number of nitrogens with zero attached hydrogens (tertiary/aromatic N) is 2. The maximum absolute atomic E-state index is 12.2. The second-order valence-corrected chi connectivity index (χ2v) is 10.1. The molecule has 10 heteroatoms. The van der Waals surface area contributed by atoms with Crippen LogP contribution in [0, 0.1) is 0 Å². The molecule has 0 saturated heterocycles. The van der Waals surface area contributed by atoms with Crippen LogP contribution in [0.25, 0.3) is 0 Å². The molecule has 2 heterocycles. The normalized spacial score (nSPS) is 13.1. The quantitative estimate of drug-likeness (QED) is 0.289. The average molecular weight is 544 g/mol. The van der Waals surface area contributed by atoms with Crippen LogP contribution in [0.1, 0.15) is 11.8 Å². The van der Waals surface area contributed by atoms with Crippen LogP contribution in [-0.4, -0.2) is 62.9 Å². The van der Waals surface area contributed by atoms with Gasteiger partial charge in [-0.15, -0.1) is 46.7 Å². The first-order valence-corrected chi connectivity index (χ1v) is 11.8. The van der Waals surface area contributed by atoms with E-state index in [-0.39, 0.29) is 40.5 Å². The molecule has 152 valence electrons. The molecule has 0 aromatic carbocycles. The van der Waals surface area contributed by atoms with E-state index < -0.39 is 15.9 Å². The van der Waals surface area contributed by atoms with Gasteiger partial charge in [-0.25, -0.2) is 8.42 Å². The molecule has 0 bridgehead atoms. The molecule has 0 saturated carbocycles. The van der Waals surface area contributed by atoms with E-state index >= 15 is 0 Å². The van der Waals surface area contributed by atoms with E-state index in [1.165, 1.54) is 4.88 Å². The second-order valence-electron chi connectivity index (χ2n) is 5.81. The lowest BCUT2D eigenvalue weighted by Crippen LogP contribution is -2.40. The van der Waals surface area contributed by atoms with Crippen molar-refractivity contribution in [1.29, 1.82) is 0 Å². The van der Waals surface area contributed by atoms with Crippen molar-refractivity contribution in [3.8, 4) is 0 Å². The summed E-state index contributed by atoms with van der Waals surface area (Å²) < 4.78 is 24.7. The monoisotopic (exact) mass is 543 g/mol. The number of hydrogen-bond donors (Lipinski definition) is 2. The number of rotatable bonds is 9. The molecule has 0 spiro atoms. The summed E-state index contributed by atoms with van der Waals surface area (Å²) in [5, 5.41) is 17.1. The fourth-order valence-electron chi connectivity index (χ4n) is 2.33. The van der Waals surface area contributed by atoms with Gasteiger partial charge in [0.25, 0.3) is 0 Å². The lowest BCUT2D eigenvalue weighted by Gasteiger charge is -2.22. The first kappa shape index (κ1) is 24.3. The van der Waals surface area contributed by atoms with E-state index in [1.54, 1.807) is 28.8 Å². The van der Waals surface area contributed by atoms with E-state index in [1.807, 2.05) is 24.9 Å². The molecule has 2 aromatic heterocycles. The fraction of sp³-hybridized carbons (Fsp3) is 0.471. The van der Waals surface area contributed by atoms with E-state index in [9.17, 15) is 13.5 Å². The predicted molar refractivity (Wildman–Crippen MR) is 124 cm³/mol. The second kappa shape index (κ2) is 12.0. The first-order chi connectivity index (χ1) is 12.4. The maximum Gasteiger partial charge on any atom is 0.193 e. The molecule has 2 rings (SSSR count). The highest BCUT2D eigenvalue weighted by atomic mass is 127. The van der Waals surface area contributed by atoms with Crippen molar-refractivity contribution >= 4 is 62.4 Å². The SMILES string of the molecule is CCNC(=NCC(O)CS(=O)(=O)c1cccs1)N(C)CCc1cccs1.I. The molecule has 1 atom stereocenters. The molecular weight excluding hydrogens is 517 g/mol. The highest BCUT2D eigenvalue weighted by Gasteiger charge is 2.20. The largest absolute Gasteiger partial charge is 0.390 e.